The fraction of sp³-hybridized carbons (Fsp3) is 0.588. The van der Waals surface area contributed by atoms with Gasteiger partial charge in [0.25, 0.3) is 5.69 Å². The lowest BCUT2D eigenvalue weighted by molar-refractivity contribution is -0.921. The number of nitro benzene ring substituents is 1. The quantitative estimate of drug-likeness (QED) is 0.634. The van der Waals surface area contributed by atoms with Crippen LogP contribution < -0.4 is 4.90 Å². The van der Waals surface area contributed by atoms with E-state index in [0.29, 0.717) is 0 Å². The lowest BCUT2D eigenvalue weighted by atomic mass is 9.96. The van der Waals surface area contributed by atoms with E-state index in [1.54, 1.807) is 12.1 Å². The number of rotatable bonds is 6. The number of hydrogen-bond donors (Lipinski definition) is 1. The molecule has 1 N–H and O–H groups in total. The lowest BCUT2D eigenvalue weighted by Gasteiger charge is -2.32. The average Bonchev–Trinajstić information content (AvgIpc) is 2.56. The van der Waals surface area contributed by atoms with E-state index in [1.807, 2.05) is 24.8 Å². The van der Waals surface area contributed by atoms with Crippen molar-refractivity contribution < 1.29 is 14.6 Å². The van der Waals surface area contributed by atoms with Gasteiger partial charge in [0.2, 0.25) is 5.91 Å². The number of carbonyl (C=O) groups excluding carboxylic acids is 1. The Labute approximate surface area is 137 Å². The maximum Gasteiger partial charge on any atom is 0.269 e. The van der Waals surface area contributed by atoms with Crippen LogP contribution in [0.5, 0.6) is 0 Å². The molecule has 0 bridgehead atoms. The predicted octanol–water partition coefficient (Wildman–Crippen LogP) is 1.26. The Morgan fingerprint density at radius 3 is 2.78 bits per heavy atom. The number of nitrogens with zero attached hydrogens (tertiary/aromatic N) is 2. The number of piperidine rings is 1. The number of benzene rings is 1. The third-order valence-corrected chi connectivity index (χ3v) is 4.62. The van der Waals surface area contributed by atoms with E-state index in [2.05, 4.69) is 0 Å². The maximum atomic E-state index is 12.5. The number of likely N-dealkylation sites (tertiary alicyclic amines) is 1. The van der Waals surface area contributed by atoms with Crippen molar-refractivity contribution in [2.75, 3.05) is 26.2 Å². The summed E-state index contributed by atoms with van der Waals surface area (Å²) in [4.78, 5) is 26.3. The Kier molecular flexibility index (Phi) is 6.10. The van der Waals surface area contributed by atoms with Crippen LogP contribution in [-0.2, 0) is 11.3 Å². The second kappa shape index (κ2) is 8.06. The highest BCUT2D eigenvalue weighted by Gasteiger charge is 2.31. The molecule has 2 rings (SSSR count). The Hall–Kier alpha value is -1.95. The summed E-state index contributed by atoms with van der Waals surface area (Å²) in [6.45, 7) is 8.11. The second-order valence-electron chi connectivity index (χ2n) is 6.16. The van der Waals surface area contributed by atoms with Crippen molar-refractivity contribution >= 4 is 11.6 Å². The van der Waals surface area contributed by atoms with E-state index in [4.69, 9.17) is 0 Å². The number of quaternary nitrogens is 1. The van der Waals surface area contributed by atoms with Gasteiger partial charge in [-0.15, -0.1) is 0 Å². The molecule has 1 aromatic rings. The van der Waals surface area contributed by atoms with Crippen molar-refractivity contribution in [1.29, 1.82) is 0 Å². The van der Waals surface area contributed by atoms with Crippen molar-refractivity contribution in [1.82, 2.24) is 4.90 Å². The van der Waals surface area contributed by atoms with E-state index in [9.17, 15) is 14.9 Å². The van der Waals surface area contributed by atoms with Crippen molar-refractivity contribution in [2.45, 2.75) is 33.2 Å². The minimum atomic E-state index is -0.359. The summed E-state index contributed by atoms with van der Waals surface area (Å²) in [5.41, 5.74) is 1.10. The van der Waals surface area contributed by atoms with E-state index >= 15 is 0 Å². The zero-order chi connectivity index (χ0) is 16.8. The van der Waals surface area contributed by atoms with Gasteiger partial charge in [-0.25, -0.2) is 0 Å². The Morgan fingerprint density at radius 1 is 1.39 bits per heavy atom. The number of non-ortho nitro benzene ring substituents is 1. The maximum absolute atomic E-state index is 12.5. The van der Waals surface area contributed by atoms with Crippen LogP contribution in [0.15, 0.2) is 24.3 Å². The minimum absolute atomic E-state index is 0.0809. The molecule has 0 spiro atoms. The average molecular weight is 320 g/mol. The van der Waals surface area contributed by atoms with Crippen molar-refractivity contribution in [3.05, 3.63) is 39.9 Å². The lowest BCUT2D eigenvalue weighted by Crippen LogP contribution is -3.12. The van der Waals surface area contributed by atoms with Gasteiger partial charge in [-0.05, 0) is 26.7 Å². The number of nitro groups is 1. The minimum Gasteiger partial charge on any atom is -0.343 e. The molecular weight excluding hydrogens is 294 g/mol. The molecule has 126 valence electrons. The first-order valence-electron chi connectivity index (χ1n) is 8.40. The molecular formula is C17H26N3O3+. The van der Waals surface area contributed by atoms with Crippen LogP contribution in [0.25, 0.3) is 0 Å². The normalized spacial score (nSPS) is 21.0. The number of carbonyl (C=O) groups is 1. The molecule has 1 fully saturated rings. The molecule has 1 unspecified atom stereocenters. The van der Waals surface area contributed by atoms with Crippen LogP contribution in [0.1, 0.15) is 32.3 Å². The van der Waals surface area contributed by atoms with Crippen LogP contribution in [0.2, 0.25) is 0 Å². The predicted molar refractivity (Wildman–Crippen MR) is 88.1 cm³/mol. The van der Waals surface area contributed by atoms with E-state index in [1.165, 1.54) is 11.0 Å². The van der Waals surface area contributed by atoms with Gasteiger partial charge < -0.3 is 9.80 Å². The summed E-state index contributed by atoms with van der Waals surface area (Å²) < 4.78 is 0. The third kappa shape index (κ3) is 4.51. The van der Waals surface area contributed by atoms with Gasteiger partial charge >= 0.3 is 0 Å². The Bertz CT molecular complexity index is 558. The summed E-state index contributed by atoms with van der Waals surface area (Å²) in [5, 5.41) is 10.9. The molecule has 2 atom stereocenters. The highest BCUT2D eigenvalue weighted by molar-refractivity contribution is 5.78. The van der Waals surface area contributed by atoms with E-state index in [0.717, 1.165) is 51.1 Å². The van der Waals surface area contributed by atoms with E-state index in [-0.39, 0.29) is 22.4 Å². The second-order valence-corrected chi connectivity index (χ2v) is 6.16. The van der Waals surface area contributed by atoms with E-state index < -0.39 is 0 Å². The van der Waals surface area contributed by atoms with Gasteiger partial charge in [0, 0.05) is 30.8 Å². The molecule has 1 aliphatic heterocycles. The summed E-state index contributed by atoms with van der Waals surface area (Å²) in [6, 6.07) is 6.82. The van der Waals surface area contributed by atoms with Crippen molar-refractivity contribution in [2.24, 2.45) is 5.92 Å². The van der Waals surface area contributed by atoms with Crippen LogP contribution in [0.3, 0.4) is 0 Å². The fourth-order valence-corrected chi connectivity index (χ4v) is 3.38. The first kappa shape index (κ1) is 17.4. The van der Waals surface area contributed by atoms with Crippen LogP contribution in [0, 0.1) is 16.0 Å². The Balaban J connectivity index is 2.00. The molecule has 6 nitrogen and oxygen atoms in total. The highest BCUT2D eigenvalue weighted by Crippen LogP contribution is 2.14. The molecule has 0 saturated carbocycles. The van der Waals surface area contributed by atoms with Crippen LogP contribution >= 0.6 is 0 Å². The molecule has 1 saturated heterocycles. The van der Waals surface area contributed by atoms with Gasteiger partial charge in [0.1, 0.15) is 6.54 Å². The first-order chi connectivity index (χ1) is 11.0. The SMILES string of the molecule is CCN(CC)C(=O)[C@H]1CCC[NH+](Cc2cccc([N+](=O)[O-])c2)C1. The van der Waals surface area contributed by atoms with Gasteiger partial charge in [0.15, 0.2) is 0 Å². The Morgan fingerprint density at radius 2 is 2.13 bits per heavy atom. The zero-order valence-electron chi connectivity index (χ0n) is 14.0. The van der Waals surface area contributed by atoms with Gasteiger partial charge in [0.05, 0.1) is 23.9 Å². The molecule has 1 aliphatic rings. The molecule has 1 aromatic carbocycles. The number of nitrogens with one attached hydrogen (secondary N) is 1. The summed E-state index contributed by atoms with van der Waals surface area (Å²) in [6.07, 6.45) is 1.98. The van der Waals surface area contributed by atoms with Crippen LogP contribution in [-0.4, -0.2) is 41.9 Å². The first-order valence-corrected chi connectivity index (χ1v) is 8.40. The molecule has 23 heavy (non-hydrogen) atoms. The standard InChI is InChI=1S/C17H25N3O3/c1-3-19(4-2)17(21)15-8-6-10-18(13-15)12-14-7-5-9-16(11-14)20(22)23/h5,7,9,11,15H,3-4,6,8,10,12-13H2,1-2H3/p+1/t15-/m0/s1. The number of hydrogen-bond acceptors (Lipinski definition) is 3. The number of amides is 1. The highest BCUT2D eigenvalue weighted by atomic mass is 16.6. The van der Waals surface area contributed by atoms with Crippen molar-refractivity contribution in [3.63, 3.8) is 0 Å². The molecule has 0 aromatic heterocycles. The molecule has 1 heterocycles. The molecule has 0 aliphatic carbocycles. The van der Waals surface area contributed by atoms with Crippen LogP contribution in [0.4, 0.5) is 5.69 Å². The smallest absolute Gasteiger partial charge is 0.269 e. The monoisotopic (exact) mass is 320 g/mol. The molecule has 1 amide bonds. The van der Waals surface area contributed by atoms with Crippen molar-refractivity contribution in [3.8, 4) is 0 Å². The largest absolute Gasteiger partial charge is 0.343 e. The third-order valence-electron chi connectivity index (χ3n) is 4.62. The summed E-state index contributed by atoms with van der Waals surface area (Å²) in [7, 11) is 0. The van der Waals surface area contributed by atoms with Gasteiger partial charge in [-0.2, -0.15) is 0 Å². The van der Waals surface area contributed by atoms with Gasteiger partial charge in [-0.3, -0.25) is 14.9 Å². The summed E-state index contributed by atoms with van der Waals surface area (Å²) in [5.74, 6) is 0.337. The molecule has 0 radical (unpaired) electrons. The topological polar surface area (TPSA) is 67.9 Å². The molecule has 6 heteroatoms. The zero-order valence-corrected chi connectivity index (χ0v) is 14.0. The summed E-state index contributed by atoms with van der Waals surface area (Å²) >= 11 is 0. The fourth-order valence-electron chi connectivity index (χ4n) is 3.38. The van der Waals surface area contributed by atoms with Gasteiger partial charge in [-0.1, -0.05) is 12.1 Å².